The van der Waals surface area contributed by atoms with Crippen LogP contribution in [0.25, 0.3) is 0 Å². The van der Waals surface area contributed by atoms with E-state index in [1.165, 1.54) is 0 Å². The van der Waals surface area contributed by atoms with Crippen molar-refractivity contribution in [3.63, 3.8) is 0 Å². The van der Waals surface area contributed by atoms with Gasteiger partial charge in [0.05, 0.1) is 18.9 Å². The number of carboxylic acids is 1. The lowest BCUT2D eigenvalue weighted by atomic mass is 9.78. The number of carboxylic acid groups (broad SMARTS) is 1. The van der Waals surface area contributed by atoms with E-state index in [1.54, 1.807) is 7.11 Å². The summed E-state index contributed by atoms with van der Waals surface area (Å²) in [4.78, 5) is 23.8. The largest absolute Gasteiger partial charge is 0.497 e. The highest BCUT2D eigenvalue weighted by molar-refractivity contribution is 5.84. The molecule has 2 aromatic rings. The molecule has 2 N–H and O–H groups in total. The first-order valence-corrected chi connectivity index (χ1v) is 9.98. The van der Waals surface area contributed by atoms with E-state index in [9.17, 15) is 14.7 Å². The van der Waals surface area contributed by atoms with Crippen molar-refractivity contribution in [3.05, 3.63) is 54.1 Å². The second kappa shape index (κ2) is 9.96. The first-order valence-electron chi connectivity index (χ1n) is 9.98. The third-order valence-corrected chi connectivity index (χ3v) is 5.35. The highest BCUT2D eigenvalue weighted by Gasteiger charge is 2.35. The number of hydrogen-bond acceptors (Lipinski definition) is 4. The molecule has 2 atom stereocenters. The lowest BCUT2D eigenvalue weighted by molar-refractivity contribution is -0.148. The molecule has 0 heterocycles. The fourth-order valence-corrected chi connectivity index (χ4v) is 3.71. The van der Waals surface area contributed by atoms with Crippen LogP contribution in [-0.4, -0.2) is 30.6 Å². The third-order valence-electron chi connectivity index (χ3n) is 5.35. The topological polar surface area (TPSA) is 84.9 Å². The predicted octanol–water partition coefficient (Wildman–Crippen LogP) is 4.04. The summed E-state index contributed by atoms with van der Waals surface area (Å²) in [5.74, 6) is 0.256. The lowest BCUT2D eigenvalue weighted by Gasteiger charge is -2.27. The molecular formula is C23H27NO5. The van der Waals surface area contributed by atoms with Crippen LogP contribution in [0.5, 0.6) is 17.2 Å². The molecule has 0 aliphatic heterocycles. The van der Waals surface area contributed by atoms with Gasteiger partial charge in [0.15, 0.2) is 0 Å². The van der Waals surface area contributed by atoms with Crippen molar-refractivity contribution in [1.29, 1.82) is 0 Å². The number of methoxy groups -OCH3 is 1. The van der Waals surface area contributed by atoms with Crippen LogP contribution in [0.1, 0.15) is 31.2 Å². The molecule has 29 heavy (non-hydrogen) atoms. The molecule has 6 nitrogen and oxygen atoms in total. The SMILES string of the molecule is COc1ccc(Oc2ccc(CCNC(=O)C3CCCCC3C(=O)O)cc2)cc1. The summed E-state index contributed by atoms with van der Waals surface area (Å²) in [7, 11) is 1.62. The van der Waals surface area contributed by atoms with Crippen molar-refractivity contribution in [3.8, 4) is 17.2 Å². The van der Waals surface area contributed by atoms with Crippen LogP contribution in [0.4, 0.5) is 0 Å². The number of rotatable bonds is 8. The molecule has 1 aliphatic carbocycles. The fourth-order valence-electron chi connectivity index (χ4n) is 3.71. The minimum Gasteiger partial charge on any atom is -0.497 e. The number of carbonyl (C=O) groups excluding carboxylic acids is 1. The molecule has 0 radical (unpaired) electrons. The Morgan fingerprint density at radius 3 is 2.07 bits per heavy atom. The summed E-state index contributed by atoms with van der Waals surface area (Å²) in [6.45, 7) is 0.486. The number of carbonyl (C=O) groups is 2. The van der Waals surface area contributed by atoms with Crippen molar-refractivity contribution < 1.29 is 24.2 Å². The zero-order valence-corrected chi connectivity index (χ0v) is 16.6. The summed E-state index contributed by atoms with van der Waals surface area (Å²) < 4.78 is 10.9. The standard InChI is InChI=1S/C23H27NO5/c1-28-17-10-12-19(13-11-17)29-18-8-6-16(7-9-18)14-15-24-22(25)20-4-2-3-5-21(20)23(26)27/h6-13,20-21H,2-5,14-15H2,1H3,(H,24,25)(H,26,27). The molecule has 2 aromatic carbocycles. The van der Waals surface area contributed by atoms with E-state index in [1.807, 2.05) is 48.5 Å². The quantitative estimate of drug-likeness (QED) is 0.702. The summed E-state index contributed by atoms with van der Waals surface area (Å²) >= 11 is 0. The van der Waals surface area contributed by atoms with Crippen LogP contribution >= 0.6 is 0 Å². The summed E-state index contributed by atoms with van der Waals surface area (Å²) in [5, 5.41) is 12.2. The van der Waals surface area contributed by atoms with E-state index in [4.69, 9.17) is 9.47 Å². The van der Waals surface area contributed by atoms with Crippen LogP contribution in [-0.2, 0) is 16.0 Å². The highest BCUT2D eigenvalue weighted by Crippen LogP contribution is 2.30. The van der Waals surface area contributed by atoms with Crippen LogP contribution in [0.15, 0.2) is 48.5 Å². The number of aliphatic carboxylic acids is 1. The van der Waals surface area contributed by atoms with Gasteiger partial charge in [0.2, 0.25) is 5.91 Å². The van der Waals surface area contributed by atoms with Gasteiger partial charge >= 0.3 is 5.97 Å². The molecule has 1 saturated carbocycles. The Hall–Kier alpha value is -3.02. The maximum Gasteiger partial charge on any atom is 0.307 e. The van der Waals surface area contributed by atoms with E-state index in [-0.39, 0.29) is 5.91 Å². The molecule has 1 amide bonds. The molecule has 6 heteroatoms. The molecule has 0 saturated heterocycles. The minimum absolute atomic E-state index is 0.142. The van der Waals surface area contributed by atoms with Crippen molar-refractivity contribution in [2.45, 2.75) is 32.1 Å². The minimum atomic E-state index is -0.864. The fraction of sp³-hybridized carbons (Fsp3) is 0.391. The molecule has 0 aromatic heterocycles. The van der Waals surface area contributed by atoms with Crippen molar-refractivity contribution in [2.75, 3.05) is 13.7 Å². The normalized spacial score (nSPS) is 18.7. The monoisotopic (exact) mass is 397 g/mol. The number of ether oxygens (including phenoxy) is 2. The molecule has 0 bridgehead atoms. The van der Waals surface area contributed by atoms with Crippen LogP contribution in [0.2, 0.25) is 0 Å². The van der Waals surface area contributed by atoms with Gasteiger partial charge in [0.25, 0.3) is 0 Å². The average molecular weight is 397 g/mol. The second-order valence-electron chi connectivity index (χ2n) is 7.30. The number of nitrogens with one attached hydrogen (secondary N) is 1. The Labute approximate surface area is 170 Å². The highest BCUT2D eigenvalue weighted by atomic mass is 16.5. The molecule has 3 rings (SSSR count). The summed E-state index contributed by atoms with van der Waals surface area (Å²) in [6.07, 6.45) is 3.71. The number of amides is 1. The molecule has 0 spiro atoms. The average Bonchev–Trinajstić information content (AvgIpc) is 2.75. The first kappa shape index (κ1) is 20.7. The number of hydrogen-bond donors (Lipinski definition) is 2. The van der Waals surface area contributed by atoms with Crippen LogP contribution in [0.3, 0.4) is 0 Å². The van der Waals surface area contributed by atoms with Gasteiger partial charge < -0.3 is 19.9 Å². The Bertz CT molecular complexity index is 816. The van der Waals surface area contributed by atoms with Gasteiger partial charge in [0, 0.05) is 6.54 Å². The molecule has 1 fully saturated rings. The molecule has 1 aliphatic rings. The Kier molecular flexibility index (Phi) is 7.11. The van der Waals surface area contributed by atoms with Crippen molar-refractivity contribution in [1.82, 2.24) is 5.32 Å². The Morgan fingerprint density at radius 1 is 0.931 bits per heavy atom. The van der Waals surface area contributed by atoms with E-state index in [0.29, 0.717) is 25.8 Å². The summed E-state index contributed by atoms with van der Waals surface area (Å²) in [5.41, 5.74) is 1.07. The summed E-state index contributed by atoms with van der Waals surface area (Å²) in [6, 6.07) is 15.1. The zero-order valence-electron chi connectivity index (χ0n) is 16.6. The number of benzene rings is 2. The van der Waals surface area contributed by atoms with Crippen molar-refractivity contribution in [2.24, 2.45) is 11.8 Å². The molecule has 2 unspecified atom stereocenters. The van der Waals surface area contributed by atoms with Gasteiger partial charge in [0.1, 0.15) is 17.2 Å². The van der Waals surface area contributed by atoms with Gasteiger partial charge in [-0.1, -0.05) is 25.0 Å². The van der Waals surface area contributed by atoms with E-state index in [2.05, 4.69) is 5.32 Å². The maximum absolute atomic E-state index is 12.4. The maximum atomic E-state index is 12.4. The van der Waals surface area contributed by atoms with Gasteiger partial charge in [-0.25, -0.2) is 0 Å². The van der Waals surface area contributed by atoms with Gasteiger partial charge in [-0.05, 0) is 61.2 Å². The molecule has 154 valence electrons. The zero-order chi connectivity index (χ0) is 20.6. The Morgan fingerprint density at radius 2 is 1.48 bits per heavy atom. The van der Waals surface area contributed by atoms with Crippen LogP contribution < -0.4 is 14.8 Å². The van der Waals surface area contributed by atoms with Gasteiger partial charge in [-0.3, -0.25) is 9.59 Å². The van der Waals surface area contributed by atoms with E-state index < -0.39 is 17.8 Å². The smallest absolute Gasteiger partial charge is 0.307 e. The van der Waals surface area contributed by atoms with Crippen molar-refractivity contribution >= 4 is 11.9 Å². The van der Waals surface area contributed by atoms with E-state index >= 15 is 0 Å². The van der Waals surface area contributed by atoms with E-state index in [0.717, 1.165) is 35.7 Å². The molecular weight excluding hydrogens is 370 g/mol. The van der Waals surface area contributed by atoms with Gasteiger partial charge in [-0.2, -0.15) is 0 Å². The van der Waals surface area contributed by atoms with Crippen LogP contribution in [0, 0.1) is 11.8 Å². The predicted molar refractivity (Wildman–Crippen MR) is 109 cm³/mol. The van der Waals surface area contributed by atoms with Gasteiger partial charge in [-0.15, -0.1) is 0 Å². The lowest BCUT2D eigenvalue weighted by Crippen LogP contribution is -2.40. The first-order chi connectivity index (χ1) is 14.1. The Balaban J connectivity index is 1.47. The third kappa shape index (κ3) is 5.73. The second-order valence-corrected chi connectivity index (χ2v) is 7.30.